The summed E-state index contributed by atoms with van der Waals surface area (Å²) in [6, 6.07) is 0.933. The van der Waals surface area contributed by atoms with Gasteiger partial charge >= 0.3 is 0 Å². The summed E-state index contributed by atoms with van der Waals surface area (Å²) in [6.07, 6.45) is 1.85. The van der Waals surface area contributed by atoms with Crippen LogP contribution in [-0.2, 0) is 9.53 Å². The van der Waals surface area contributed by atoms with E-state index in [0.29, 0.717) is 6.47 Å². The van der Waals surface area contributed by atoms with Crippen LogP contribution in [0, 0.1) is 0 Å². The molecule has 0 aliphatic carbocycles. The van der Waals surface area contributed by atoms with E-state index in [4.69, 9.17) is 4.74 Å². The summed E-state index contributed by atoms with van der Waals surface area (Å²) in [7, 11) is -1.13. The van der Waals surface area contributed by atoms with Crippen LogP contribution in [0.4, 0.5) is 0 Å². The van der Waals surface area contributed by atoms with E-state index in [1.54, 1.807) is 0 Å². The molecule has 0 aromatic carbocycles. The van der Waals surface area contributed by atoms with E-state index in [1.807, 2.05) is 13.0 Å². The zero-order valence-electron chi connectivity index (χ0n) is 7.68. The van der Waals surface area contributed by atoms with Crippen LogP contribution in [0.25, 0.3) is 0 Å². The second-order valence-corrected chi connectivity index (χ2v) is 9.18. The highest BCUT2D eigenvalue weighted by Gasteiger charge is 2.15. The predicted octanol–water partition coefficient (Wildman–Crippen LogP) is 2.40. The van der Waals surface area contributed by atoms with Crippen molar-refractivity contribution >= 4 is 14.5 Å². The Morgan fingerprint density at radius 2 is 2.00 bits per heavy atom. The lowest BCUT2D eigenvalue weighted by Crippen LogP contribution is -2.20. The van der Waals surface area contributed by atoms with Crippen LogP contribution in [-0.4, -0.2) is 14.5 Å². The molecule has 0 rings (SSSR count). The molecule has 0 saturated carbocycles. The first-order valence-corrected chi connectivity index (χ1v) is 7.46. The largest absolute Gasteiger partial charge is 0.434 e. The van der Waals surface area contributed by atoms with E-state index in [0.717, 1.165) is 11.8 Å². The standard InChI is InChI=1S/C8H16O2Si/c1-5-8(10-7-9)6-11(2,3)4/h5,7H,6H2,1-4H3. The third-order valence-electron chi connectivity index (χ3n) is 1.23. The van der Waals surface area contributed by atoms with Crippen molar-refractivity contribution in [3.63, 3.8) is 0 Å². The van der Waals surface area contributed by atoms with Crippen molar-refractivity contribution in [2.24, 2.45) is 0 Å². The zero-order chi connectivity index (χ0) is 8.91. The first-order chi connectivity index (χ1) is 4.99. The average Bonchev–Trinajstić information content (AvgIpc) is 1.84. The van der Waals surface area contributed by atoms with Gasteiger partial charge in [0.15, 0.2) is 0 Å². The first-order valence-electron chi connectivity index (χ1n) is 3.75. The molecule has 0 amide bonds. The Morgan fingerprint density at radius 1 is 1.45 bits per heavy atom. The molecule has 2 nitrogen and oxygen atoms in total. The van der Waals surface area contributed by atoms with Gasteiger partial charge in [-0.2, -0.15) is 0 Å². The minimum absolute atomic E-state index is 0.496. The zero-order valence-corrected chi connectivity index (χ0v) is 8.68. The molecular weight excluding hydrogens is 156 g/mol. The maximum atomic E-state index is 10.0. The van der Waals surface area contributed by atoms with Gasteiger partial charge in [-0.05, 0) is 13.0 Å². The summed E-state index contributed by atoms with van der Waals surface area (Å²) in [4.78, 5) is 10.0. The van der Waals surface area contributed by atoms with Crippen LogP contribution < -0.4 is 0 Å². The third-order valence-corrected chi connectivity index (χ3v) is 2.64. The molecule has 0 aliphatic rings. The van der Waals surface area contributed by atoms with Gasteiger partial charge in [0, 0.05) is 6.04 Å². The molecule has 11 heavy (non-hydrogen) atoms. The maximum absolute atomic E-state index is 10.0. The number of carbonyl (C=O) groups is 1. The van der Waals surface area contributed by atoms with E-state index in [-0.39, 0.29) is 0 Å². The monoisotopic (exact) mass is 172 g/mol. The Balaban J connectivity index is 4.00. The van der Waals surface area contributed by atoms with E-state index >= 15 is 0 Å². The van der Waals surface area contributed by atoms with Gasteiger partial charge < -0.3 is 4.74 Å². The van der Waals surface area contributed by atoms with Crippen molar-refractivity contribution in [2.45, 2.75) is 32.6 Å². The van der Waals surface area contributed by atoms with Crippen molar-refractivity contribution in [2.75, 3.05) is 0 Å². The Morgan fingerprint density at radius 3 is 2.27 bits per heavy atom. The van der Waals surface area contributed by atoms with E-state index < -0.39 is 8.07 Å². The van der Waals surface area contributed by atoms with Crippen molar-refractivity contribution in [1.82, 2.24) is 0 Å². The maximum Gasteiger partial charge on any atom is 0.298 e. The Bertz CT molecular complexity index is 156. The van der Waals surface area contributed by atoms with Gasteiger partial charge in [-0.25, -0.2) is 0 Å². The van der Waals surface area contributed by atoms with Crippen molar-refractivity contribution in [1.29, 1.82) is 0 Å². The number of allylic oxidation sites excluding steroid dienone is 2. The fourth-order valence-corrected chi connectivity index (χ4v) is 2.13. The van der Waals surface area contributed by atoms with Crippen LogP contribution in [0.15, 0.2) is 11.8 Å². The molecule has 0 aliphatic heterocycles. The van der Waals surface area contributed by atoms with Gasteiger partial charge in [0.2, 0.25) is 0 Å². The molecule has 0 aromatic heterocycles. The van der Waals surface area contributed by atoms with Crippen LogP contribution in [0.1, 0.15) is 6.92 Å². The molecule has 0 radical (unpaired) electrons. The molecule has 0 saturated heterocycles. The topological polar surface area (TPSA) is 26.3 Å². The molecular formula is C8H16O2Si. The molecule has 0 bridgehead atoms. The van der Waals surface area contributed by atoms with Gasteiger partial charge in [-0.3, -0.25) is 4.79 Å². The second kappa shape index (κ2) is 4.33. The normalized spacial score (nSPS) is 12.9. The van der Waals surface area contributed by atoms with Gasteiger partial charge in [-0.15, -0.1) is 0 Å². The highest BCUT2D eigenvalue weighted by molar-refractivity contribution is 6.76. The smallest absolute Gasteiger partial charge is 0.298 e. The van der Waals surface area contributed by atoms with Crippen LogP contribution in [0.2, 0.25) is 25.7 Å². The quantitative estimate of drug-likeness (QED) is 0.370. The predicted molar refractivity (Wildman–Crippen MR) is 49.1 cm³/mol. The van der Waals surface area contributed by atoms with Crippen molar-refractivity contribution < 1.29 is 9.53 Å². The highest BCUT2D eigenvalue weighted by Crippen LogP contribution is 2.15. The molecule has 0 spiro atoms. The van der Waals surface area contributed by atoms with Gasteiger partial charge in [0.25, 0.3) is 6.47 Å². The van der Waals surface area contributed by atoms with Crippen LogP contribution in [0.5, 0.6) is 0 Å². The summed E-state index contributed by atoms with van der Waals surface area (Å²) >= 11 is 0. The molecule has 0 fully saturated rings. The third kappa shape index (κ3) is 5.85. The number of ether oxygens (including phenoxy) is 1. The highest BCUT2D eigenvalue weighted by atomic mass is 28.3. The molecule has 0 unspecified atom stereocenters. The number of rotatable bonds is 4. The van der Waals surface area contributed by atoms with E-state index in [2.05, 4.69) is 19.6 Å². The Labute approximate surface area is 69.3 Å². The summed E-state index contributed by atoms with van der Waals surface area (Å²) in [5, 5.41) is 0. The van der Waals surface area contributed by atoms with Gasteiger partial charge in [0.05, 0.1) is 8.07 Å². The minimum atomic E-state index is -1.13. The summed E-state index contributed by atoms with van der Waals surface area (Å²) in [5.74, 6) is 0.805. The summed E-state index contributed by atoms with van der Waals surface area (Å²) < 4.78 is 4.78. The van der Waals surface area contributed by atoms with Gasteiger partial charge in [0.1, 0.15) is 5.76 Å². The van der Waals surface area contributed by atoms with Crippen LogP contribution in [0.3, 0.4) is 0 Å². The Kier molecular flexibility index (Phi) is 4.11. The molecule has 0 heterocycles. The average molecular weight is 172 g/mol. The first kappa shape index (κ1) is 10.4. The second-order valence-electron chi connectivity index (χ2n) is 3.71. The minimum Gasteiger partial charge on any atom is -0.434 e. The molecule has 64 valence electrons. The van der Waals surface area contributed by atoms with Crippen molar-refractivity contribution in [3.05, 3.63) is 11.8 Å². The molecule has 0 N–H and O–H groups in total. The molecule has 0 atom stereocenters. The lowest BCUT2D eigenvalue weighted by atomic mass is 10.5. The van der Waals surface area contributed by atoms with E-state index in [9.17, 15) is 4.79 Å². The fraction of sp³-hybridized carbons (Fsp3) is 0.625. The Hall–Kier alpha value is -0.573. The number of hydrogen-bond acceptors (Lipinski definition) is 2. The molecule has 0 aromatic rings. The summed E-state index contributed by atoms with van der Waals surface area (Å²) in [5.41, 5.74) is 0. The van der Waals surface area contributed by atoms with Crippen molar-refractivity contribution in [3.8, 4) is 0 Å². The lowest BCUT2D eigenvalue weighted by Gasteiger charge is -2.16. The lowest BCUT2D eigenvalue weighted by molar-refractivity contribution is -0.125. The SMILES string of the molecule is CC=C(C[Si](C)(C)C)OC=O. The van der Waals surface area contributed by atoms with Gasteiger partial charge in [-0.1, -0.05) is 19.6 Å². The number of carbonyl (C=O) groups excluding carboxylic acids is 1. The summed E-state index contributed by atoms with van der Waals surface area (Å²) in [6.45, 7) is 9.11. The molecule has 3 heteroatoms. The van der Waals surface area contributed by atoms with Crippen LogP contribution >= 0.6 is 0 Å². The fourth-order valence-electron chi connectivity index (χ4n) is 0.796. The number of hydrogen-bond donors (Lipinski definition) is 0. The van der Waals surface area contributed by atoms with E-state index in [1.165, 1.54) is 0 Å².